The number of carbonyl (C=O) groups excluding carboxylic acids is 1. The topological polar surface area (TPSA) is 77.2 Å². The SMILES string of the molecule is COC(=O)c1cc(N)cnc1NC1CCCC1C. The number of hydrogen-bond acceptors (Lipinski definition) is 5. The summed E-state index contributed by atoms with van der Waals surface area (Å²) in [5.41, 5.74) is 6.52. The number of methoxy groups -OCH3 is 1. The molecule has 18 heavy (non-hydrogen) atoms. The highest BCUT2D eigenvalue weighted by Crippen LogP contribution is 2.28. The van der Waals surface area contributed by atoms with Crippen LogP contribution in [0.4, 0.5) is 11.5 Å². The van der Waals surface area contributed by atoms with Crippen LogP contribution in [0, 0.1) is 5.92 Å². The van der Waals surface area contributed by atoms with Gasteiger partial charge in [-0.15, -0.1) is 0 Å². The number of nitrogen functional groups attached to an aromatic ring is 1. The van der Waals surface area contributed by atoms with Crippen LogP contribution in [0.3, 0.4) is 0 Å². The fourth-order valence-electron chi connectivity index (χ4n) is 2.40. The summed E-state index contributed by atoms with van der Waals surface area (Å²) < 4.78 is 4.75. The van der Waals surface area contributed by atoms with E-state index in [4.69, 9.17) is 10.5 Å². The molecule has 0 bridgehead atoms. The van der Waals surface area contributed by atoms with Crippen LogP contribution in [-0.2, 0) is 4.74 Å². The molecule has 0 spiro atoms. The number of hydrogen-bond donors (Lipinski definition) is 2. The number of esters is 1. The van der Waals surface area contributed by atoms with E-state index in [9.17, 15) is 4.79 Å². The lowest BCUT2D eigenvalue weighted by Crippen LogP contribution is -2.24. The molecule has 1 heterocycles. The number of ether oxygens (including phenoxy) is 1. The molecule has 0 aliphatic heterocycles. The van der Waals surface area contributed by atoms with E-state index in [0.29, 0.717) is 29.0 Å². The molecule has 1 aliphatic rings. The van der Waals surface area contributed by atoms with Crippen LogP contribution in [0.5, 0.6) is 0 Å². The Morgan fingerprint density at radius 2 is 2.33 bits per heavy atom. The first-order chi connectivity index (χ1) is 8.61. The van der Waals surface area contributed by atoms with Gasteiger partial charge in [-0.1, -0.05) is 13.3 Å². The van der Waals surface area contributed by atoms with Crippen molar-refractivity contribution in [1.29, 1.82) is 0 Å². The molecular formula is C13H19N3O2. The van der Waals surface area contributed by atoms with E-state index in [1.54, 1.807) is 12.3 Å². The first kappa shape index (κ1) is 12.7. The lowest BCUT2D eigenvalue weighted by molar-refractivity contribution is 0.0601. The van der Waals surface area contributed by atoms with E-state index < -0.39 is 5.97 Å². The Morgan fingerprint density at radius 1 is 1.56 bits per heavy atom. The standard InChI is InChI=1S/C13H19N3O2/c1-8-4-3-5-11(8)16-12-10(13(17)18-2)6-9(14)7-15-12/h6-8,11H,3-5,14H2,1-2H3,(H,15,16). The van der Waals surface area contributed by atoms with E-state index in [1.807, 2.05) is 0 Å². The molecule has 98 valence electrons. The van der Waals surface area contributed by atoms with Crippen LogP contribution >= 0.6 is 0 Å². The second-order valence-electron chi connectivity index (χ2n) is 4.82. The van der Waals surface area contributed by atoms with Gasteiger partial charge in [-0.2, -0.15) is 0 Å². The summed E-state index contributed by atoms with van der Waals surface area (Å²) in [5.74, 6) is 0.743. The molecule has 2 unspecified atom stereocenters. The van der Waals surface area contributed by atoms with Gasteiger partial charge in [0.05, 0.1) is 19.0 Å². The fraction of sp³-hybridized carbons (Fsp3) is 0.538. The third-order valence-corrected chi connectivity index (χ3v) is 3.50. The van der Waals surface area contributed by atoms with Gasteiger partial charge in [-0.05, 0) is 24.8 Å². The molecule has 0 amide bonds. The number of rotatable bonds is 3. The zero-order chi connectivity index (χ0) is 13.1. The Hall–Kier alpha value is -1.78. The van der Waals surface area contributed by atoms with Crippen LogP contribution in [0.25, 0.3) is 0 Å². The second-order valence-corrected chi connectivity index (χ2v) is 4.82. The Bertz CT molecular complexity index is 448. The number of carbonyl (C=O) groups is 1. The van der Waals surface area contributed by atoms with Gasteiger partial charge in [-0.3, -0.25) is 0 Å². The molecule has 3 N–H and O–H groups in total. The minimum Gasteiger partial charge on any atom is -0.465 e. The highest BCUT2D eigenvalue weighted by molar-refractivity contribution is 5.95. The first-order valence-corrected chi connectivity index (χ1v) is 6.22. The highest BCUT2D eigenvalue weighted by atomic mass is 16.5. The van der Waals surface area contributed by atoms with Crippen molar-refractivity contribution in [2.24, 2.45) is 5.92 Å². The Kier molecular flexibility index (Phi) is 3.69. The maximum absolute atomic E-state index is 11.7. The lowest BCUT2D eigenvalue weighted by atomic mass is 10.1. The minimum atomic E-state index is -0.414. The van der Waals surface area contributed by atoms with Crippen LogP contribution in [0.2, 0.25) is 0 Å². The van der Waals surface area contributed by atoms with E-state index in [-0.39, 0.29) is 0 Å². The van der Waals surface area contributed by atoms with Crippen molar-refractivity contribution < 1.29 is 9.53 Å². The molecule has 0 radical (unpaired) electrons. The summed E-state index contributed by atoms with van der Waals surface area (Å²) in [6.45, 7) is 2.21. The molecule has 0 aromatic carbocycles. The summed E-state index contributed by atoms with van der Waals surface area (Å²) in [5, 5.41) is 3.33. The molecule has 1 aliphatic carbocycles. The summed E-state index contributed by atoms with van der Waals surface area (Å²) >= 11 is 0. The average molecular weight is 249 g/mol. The normalized spacial score (nSPS) is 22.8. The van der Waals surface area contributed by atoms with E-state index in [0.717, 1.165) is 6.42 Å². The van der Waals surface area contributed by atoms with Crippen LogP contribution in [0.15, 0.2) is 12.3 Å². The third kappa shape index (κ3) is 2.55. The van der Waals surface area contributed by atoms with Crippen molar-refractivity contribution >= 4 is 17.5 Å². The summed E-state index contributed by atoms with van der Waals surface area (Å²) in [6, 6.07) is 1.96. The zero-order valence-electron chi connectivity index (χ0n) is 10.8. The molecule has 1 saturated carbocycles. The molecule has 0 saturated heterocycles. The molecule has 1 aromatic heterocycles. The largest absolute Gasteiger partial charge is 0.465 e. The Morgan fingerprint density at radius 3 is 2.94 bits per heavy atom. The van der Waals surface area contributed by atoms with Crippen molar-refractivity contribution in [3.8, 4) is 0 Å². The number of nitrogens with two attached hydrogens (primary N) is 1. The van der Waals surface area contributed by atoms with Crippen LogP contribution in [0.1, 0.15) is 36.5 Å². The van der Waals surface area contributed by atoms with E-state index in [2.05, 4.69) is 17.2 Å². The molecule has 2 rings (SSSR count). The van der Waals surface area contributed by atoms with Crippen molar-refractivity contribution in [2.75, 3.05) is 18.2 Å². The number of pyridine rings is 1. The number of nitrogens with zero attached hydrogens (tertiary/aromatic N) is 1. The van der Waals surface area contributed by atoms with Gasteiger partial charge in [0.2, 0.25) is 0 Å². The summed E-state index contributed by atoms with van der Waals surface area (Å²) in [6.07, 6.45) is 5.07. The lowest BCUT2D eigenvalue weighted by Gasteiger charge is -2.19. The predicted octanol–water partition coefficient (Wildman–Crippen LogP) is 2.05. The number of aromatic nitrogens is 1. The molecule has 1 fully saturated rings. The van der Waals surface area contributed by atoms with E-state index >= 15 is 0 Å². The third-order valence-electron chi connectivity index (χ3n) is 3.50. The Labute approximate surface area is 107 Å². The van der Waals surface area contributed by atoms with Crippen LogP contribution < -0.4 is 11.1 Å². The van der Waals surface area contributed by atoms with Gasteiger partial charge in [0.25, 0.3) is 0 Å². The summed E-state index contributed by atoms with van der Waals surface area (Å²) in [7, 11) is 1.35. The van der Waals surface area contributed by atoms with Crippen LogP contribution in [-0.4, -0.2) is 24.1 Å². The van der Waals surface area contributed by atoms with Crippen molar-refractivity contribution in [1.82, 2.24) is 4.98 Å². The average Bonchev–Trinajstić information content (AvgIpc) is 2.76. The second kappa shape index (κ2) is 5.25. The van der Waals surface area contributed by atoms with Gasteiger partial charge in [0, 0.05) is 6.04 Å². The van der Waals surface area contributed by atoms with Crippen molar-refractivity contribution in [3.63, 3.8) is 0 Å². The van der Waals surface area contributed by atoms with Gasteiger partial charge < -0.3 is 15.8 Å². The Balaban J connectivity index is 2.23. The van der Waals surface area contributed by atoms with Gasteiger partial charge in [0.1, 0.15) is 11.4 Å². The summed E-state index contributed by atoms with van der Waals surface area (Å²) in [4.78, 5) is 15.9. The number of nitrogens with one attached hydrogen (secondary N) is 1. The highest BCUT2D eigenvalue weighted by Gasteiger charge is 2.25. The molecule has 1 aromatic rings. The zero-order valence-corrected chi connectivity index (χ0v) is 10.8. The predicted molar refractivity (Wildman–Crippen MR) is 70.4 cm³/mol. The van der Waals surface area contributed by atoms with Gasteiger partial charge in [-0.25, -0.2) is 9.78 Å². The molecule has 5 nitrogen and oxygen atoms in total. The van der Waals surface area contributed by atoms with Gasteiger partial charge >= 0.3 is 5.97 Å². The van der Waals surface area contributed by atoms with Gasteiger partial charge in [0.15, 0.2) is 0 Å². The first-order valence-electron chi connectivity index (χ1n) is 6.22. The fourth-order valence-corrected chi connectivity index (χ4v) is 2.40. The minimum absolute atomic E-state index is 0.365. The molecule has 2 atom stereocenters. The smallest absolute Gasteiger partial charge is 0.341 e. The number of anilines is 2. The van der Waals surface area contributed by atoms with E-state index in [1.165, 1.54) is 20.0 Å². The molecule has 5 heteroatoms. The van der Waals surface area contributed by atoms with Crippen molar-refractivity contribution in [2.45, 2.75) is 32.2 Å². The maximum atomic E-state index is 11.7. The van der Waals surface area contributed by atoms with Crippen molar-refractivity contribution in [3.05, 3.63) is 17.8 Å². The maximum Gasteiger partial charge on any atom is 0.341 e. The quantitative estimate of drug-likeness (QED) is 0.802. The monoisotopic (exact) mass is 249 g/mol. The molecular weight excluding hydrogens is 230 g/mol.